The number of aryl methyl sites for hydroxylation is 2. The van der Waals surface area contributed by atoms with E-state index in [0.717, 1.165) is 32.6 Å². The zero-order chi connectivity index (χ0) is 17.4. The number of hydrogen-bond acceptors (Lipinski definition) is 3. The first-order valence-corrected chi connectivity index (χ1v) is 9.50. The van der Waals surface area contributed by atoms with E-state index in [-0.39, 0.29) is 5.91 Å². The summed E-state index contributed by atoms with van der Waals surface area (Å²) < 4.78 is 4.18. The summed E-state index contributed by atoms with van der Waals surface area (Å²) in [7, 11) is 0. The molecule has 1 saturated carbocycles. The van der Waals surface area contributed by atoms with E-state index >= 15 is 0 Å². The van der Waals surface area contributed by atoms with Crippen LogP contribution in [0.25, 0.3) is 0 Å². The largest absolute Gasteiger partial charge is 0.337 e. The molecular weight excluding hydrogens is 314 g/mol. The molecule has 2 aromatic rings. The van der Waals surface area contributed by atoms with Crippen LogP contribution < -0.4 is 0 Å². The minimum Gasteiger partial charge on any atom is -0.337 e. The second-order valence-corrected chi connectivity index (χ2v) is 7.43. The van der Waals surface area contributed by atoms with Crippen molar-refractivity contribution >= 4 is 5.91 Å². The normalized spacial score (nSPS) is 20.9. The van der Waals surface area contributed by atoms with Gasteiger partial charge in [0, 0.05) is 50.2 Å². The molecule has 0 N–H and O–H groups in total. The van der Waals surface area contributed by atoms with Crippen LogP contribution in [-0.2, 0) is 13.1 Å². The van der Waals surface area contributed by atoms with Crippen LogP contribution in [0.2, 0.25) is 0 Å². The van der Waals surface area contributed by atoms with Gasteiger partial charge in [0.1, 0.15) is 11.5 Å². The summed E-state index contributed by atoms with van der Waals surface area (Å²) in [5.74, 6) is 2.54. The Kier molecular flexibility index (Phi) is 4.36. The van der Waals surface area contributed by atoms with Crippen LogP contribution in [0.4, 0.5) is 0 Å². The van der Waals surface area contributed by atoms with Gasteiger partial charge in [-0.15, -0.1) is 0 Å². The SMILES string of the molecule is CCn1nccc1C(=O)N1CCCC(Cn2c(C)cnc2C2CC2)C1. The molecule has 3 heterocycles. The van der Waals surface area contributed by atoms with Crippen LogP contribution in [0.3, 0.4) is 0 Å². The van der Waals surface area contributed by atoms with Crippen LogP contribution in [0.5, 0.6) is 0 Å². The topological polar surface area (TPSA) is 56.0 Å². The van der Waals surface area contributed by atoms with Crippen molar-refractivity contribution in [1.29, 1.82) is 0 Å². The van der Waals surface area contributed by atoms with E-state index in [2.05, 4.69) is 21.6 Å². The number of carbonyl (C=O) groups is 1. The molecule has 0 spiro atoms. The predicted molar refractivity (Wildman–Crippen MR) is 95.5 cm³/mol. The van der Waals surface area contributed by atoms with Gasteiger partial charge < -0.3 is 9.47 Å². The summed E-state index contributed by atoms with van der Waals surface area (Å²) in [6, 6.07) is 1.83. The highest BCUT2D eigenvalue weighted by Crippen LogP contribution is 2.40. The maximum Gasteiger partial charge on any atom is 0.272 e. The molecule has 1 amide bonds. The summed E-state index contributed by atoms with van der Waals surface area (Å²) in [6.45, 7) is 7.55. The summed E-state index contributed by atoms with van der Waals surface area (Å²) in [4.78, 5) is 19.5. The Morgan fingerprint density at radius 1 is 1.32 bits per heavy atom. The number of nitrogens with zero attached hydrogens (tertiary/aromatic N) is 5. The molecule has 1 aliphatic heterocycles. The number of carbonyl (C=O) groups excluding carboxylic acids is 1. The average Bonchev–Trinajstić information content (AvgIpc) is 3.25. The van der Waals surface area contributed by atoms with Gasteiger partial charge in [-0.25, -0.2) is 4.98 Å². The van der Waals surface area contributed by atoms with E-state index in [9.17, 15) is 4.79 Å². The fourth-order valence-corrected chi connectivity index (χ4v) is 3.97. The van der Waals surface area contributed by atoms with Crippen molar-refractivity contribution in [3.63, 3.8) is 0 Å². The monoisotopic (exact) mass is 341 g/mol. The smallest absolute Gasteiger partial charge is 0.272 e. The molecule has 134 valence electrons. The fraction of sp³-hybridized carbons (Fsp3) is 0.632. The van der Waals surface area contributed by atoms with Crippen molar-refractivity contribution in [3.05, 3.63) is 35.7 Å². The lowest BCUT2D eigenvalue weighted by atomic mass is 9.97. The van der Waals surface area contributed by atoms with Gasteiger partial charge in [0.2, 0.25) is 0 Å². The molecule has 2 fully saturated rings. The third-order valence-corrected chi connectivity index (χ3v) is 5.51. The van der Waals surface area contributed by atoms with Crippen LogP contribution in [0.1, 0.15) is 60.5 Å². The lowest BCUT2D eigenvalue weighted by Gasteiger charge is -2.33. The van der Waals surface area contributed by atoms with Crippen LogP contribution in [-0.4, -0.2) is 43.2 Å². The minimum absolute atomic E-state index is 0.119. The maximum absolute atomic E-state index is 12.9. The Balaban J connectivity index is 1.46. The molecule has 25 heavy (non-hydrogen) atoms. The fourth-order valence-electron chi connectivity index (χ4n) is 3.97. The minimum atomic E-state index is 0.119. The van der Waals surface area contributed by atoms with Crippen LogP contribution >= 0.6 is 0 Å². The third-order valence-electron chi connectivity index (χ3n) is 5.51. The number of imidazole rings is 1. The van der Waals surface area contributed by atoms with Gasteiger partial charge >= 0.3 is 0 Å². The van der Waals surface area contributed by atoms with Gasteiger partial charge in [0.25, 0.3) is 5.91 Å². The molecule has 6 heteroatoms. The van der Waals surface area contributed by atoms with Crippen molar-refractivity contribution < 1.29 is 4.79 Å². The summed E-state index contributed by atoms with van der Waals surface area (Å²) in [6.07, 6.45) is 8.51. The highest BCUT2D eigenvalue weighted by molar-refractivity contribution is 5.92. The molecule has 1 atom stereocenters. The molecular formula is C19H27N5O. The molecule has 4 rings (SSSR count). The zero-order valence-electron chi connectivity index (χ0n) is 15.2. The highest BCUT2D eigenvalue weighted by atomic mass is 16.2. The second-order valence-electron chi connectivity index (χ2n) is 7.43. The van der Waals surface area contributed by atoms with Gasteiger partial charge in [0.05, 0.1) is 0 Å². The zero-order valence-corrected chi connectivity index (χ0v) is 15.2. The van der Waals surface area contributed by atoms with Crippen molar-refractivity contribution in [2.24, 2.45) is 5.92 Å². The molecule has 6 nitrogen and oxygen atoms in total. The van der Waals surface area contributed by atoms with Crippen molar-refractivity contribution in [1.82, 2.24) is 24.2 Å². The standard InChI is InChI=1S/C19H27N5O/c1-3-24-17(8-9-21-24)19(25)22-10-4-5-15(12-22)13-23-14(2)11-20-18(23)16-6-7-16/h8-9,11,15-16H,3-7,10,12-13H2,1-2H3. The number of aromatic nitrogens is 4. The molecule has 1 saturated heterocycles. The first-order chi connectivity index (χ1) is 12.2. The Bertz CT molecular complexity index is 758. The van der Waals surface area contributed by atoms with Gasteiger partial charge in [-0.05, 0) is 51.5 Å². The lowest BCUT2D eigenvalue weighted by molar-refractivity contribution is 0.0649. The van der Waals surface area contributed by atoms with Crippen LogP contribution in [0, 0.1) is 12.8 Å². The number of amides is 1. The molecule has 0 bridgehead atoms. The third kappa shape index (κ3) is 3.22. The average molecular weight is 341 g/mol. The predicted octanol–water partition coefficient (Wildman–Crippen LogP) is 2.84. The Labute approximate surface area is 148 Å². The van der Waals surface area contributed by atoms with Crippen LogP contribution in [0.15, 0.2) is 18.5 Å². The van der Waals surface area contributed by atoms with Crippen molar-refractivity contribution in [3.8, 4) is 0 Å². The molecule has 1 unspecified atom stereocenters. The lowest BCUT2D eigenvalue weighted by Crippen LogP contribution is -2.42. The van der Waals surface area contributed by atoms with Gasteiger partial charge in [-0.1, -0.05) is 0 Å². The molecule has 0 radical (unpaired) electrons. The number of hydrogen-bond donors (Lipinski definition) is 0. The first kappa shape index (κ1) is 16.4. The number of piperidine rings is 1. The van der Waals surface area contributed by atoms with E-state index in [1.54, 1.807) is 10.9 Å². The van der Waals surface area contributed by atoms with E-state index in [1.807, 2.05) is 24.1 Å². The molecule has 0 aromatic carbocycles. The maximum atomic E-state index is 12.9. The highest BCUT2D eigenvalue weighted by Gasteiger charge is 2.31. The molecule has 2 aromatic heterocycles. The van der Waals surface area contributed by atoms with Crippen molar-refractivity contribution in [2.75, 3.05) is 13.1 Å². The Morgan fingerprint density at radius 3 is 2.92 bits per heavy atom. The Morgan fingerprint density at radius 2 is 2.16 bits per heavy atom. The van der Waals surface area contributed by atoms with Gasteiger partial charge in [-0.3, -0.25) is 9.48 Å². The number of likely N-dealkylation sites (tertiary alicyclic amines) is 1. The summed E-state index contributed by atoms with van der Waals surface area (Å²) in [5, 5.41) is 4.24. The van der Waals surface area contributed by atoms with E-state index in [1.165, 1.54) is 30.8 Å². The van der Waals surface area contributed by atoms with Gasteiger partial charge in [0.15, 0.2) is 0 Å². The van der Waals surface area contributed by atoms with E-state index < -0.39 is 0 Å². The summed E-state index contributed by atoms with van der Waals surface area (Å²) >= 11 is 0. The van der Waals surface area contributed by atoms with E-state index in [4.69, 9.17) is 0 Å². The second kappa shape index (κ2) is 6.65. The molecule has 1 aliphatic carbocycles. The first-order valence-electron chi connectivity index (χ1n) is 9.50. The Hall–Kier alpha value is -2.11. The van der Waals surface area contributed by atoms with E-state index in [0.29, 0.717) is 17.5 Å². The molecule has 2 aliphatic rings. The van der Waals surface area contributed by atoms with Crippen molar-refractivity contribution in [2.45, 2.75) is 58.5 Å². The summed E-state index contributed by atoms with van der Waals surface area (Å²) in [5.41, 5.74) is 1.95. The quantitative estimate of drug-likeness (QED) is 0.840. The van der Waals surface area contributed by atoms with Gasteiger partial charge in [-0.2, -0.15) is 5.10 Å². The number of rotatable bonds is 5.